The summed E-state index contributed by atoms with van der Waals surface area (Å²) >= 11 is 15.4. The number of carbonyl (C=O) groups is 2. The molecule has 1 aliphatic carbocycles. The van der Waals surface area contributed by atoms with E-state index in [9.17, 15) is 9.59 Å². The maximum atomic E-state index is 12.3. The smallest absolute Gasteiger partial charge is 0.170 e. The van der Waals surface area contributed by atoms with Crippen molar-refractivity contribution >= 4 is 56.9 Å². The maximum absolute atomic E-state index is 12.3. The van der Waals surface area contributed by atoms with Crippen LogP contribution in [-0.4, -0.2) is 12.1 Å². The molecular formula is C19H14BrCl2NO2. The number of ketones is 1. The predicted molar refractivity (Wildman–Crippen MR) is 104 cm³/mol. The average Bonchev–Trinajstić information content (AvgIpc) is 2.57. The van der Waals surface area contributed by atoms with Crippen LogP contribution in [0.2, 0.25) is 10.0 Å². The van der Waals surface area contributed by atoms with Crippen molar-refractivity contribution in [1.82, 2.24) is 0 Å². The summed E-state index contributed by atoms with van der Waals surface area (Å²) in [6.07, 6.45) is 2.64. The van der Waals surface area contributed by atoms with E-state index in [0.717, 1.165) is 11.8 Å². The van der Waals surface area contributed by atoms with Gasteiger partial charge in [0.2, 0.25) is 0 Å². The zero-order valence-corrected chi connectivity index (χ0v) is 16.1. The molecule has 1 aliphatic rings. The molecule has 6 heteroatoms. The van der Waals surface area contributed by atoms with Crippen molar-refractivity contribution in [3.8, 4) is 0 Å². The van der Waals surface area contributed by atoms with E-state index in [1.807, 2.05) is 6.07 Å². The highest BCUT2D eigenvalue weighted by atomic mass is 79.9. The number of hydrogen-bond acceptors (Lipinski definition) is 3. The molecular weight excluding hydrogens is 425 g/mol. The molecule has 3 nitrogen and oxygen atoms in total. The van der Waals surface area contributed by atoms with Crippen molar-refractivity contribution in [3.63, 3.8) is 0 Å². The molecule has 0 fully saturated rings. The zero-order chi connectivity index (χ0) is 18.2. The first-order valence-corrected chi connectivity index (χ1v) is 9.11. The van der Waals surface area contributed by atoms with Gasteiger partial charge in [-0.15, -0.1) is 0 Å². The molecule has 0 amide bonds. The molecule has 0 saturated heterocycles. The van der Waals surface area contributed by atoms with Gasteiger partial charge in [0, 0.05) is 28.1 Å². The van der Waals surface area contributed by atoms with Gasteiger partial charge in [-0.3, -0.25) is 4.79 Å². The normalized spacial score (nSPS) is 23.2. The number of allylic oxidation sites excluding steroid dienone is 2. The SMILES string of the molecule is Nc1cc(Cl)ccc1[C@@]1(C=O)C=C(Br)C(=O)C[C@H]1c1cccc(Cl)c1. The molecule has 0 heterocycles. The fraction of sp³-hybridized carbons (Fsp3) is 0.158. The number of hydrogen-bond donors (Lipinski definition) is 1. The Morgan fingerprint density at radius 1 is 1.16 bits per heavy atom. The lowest BCUT2D eigenvalue weighted by Gasteiger charge is -2.38. The summed E-state index contributed by atoms with van der Waals surface area (Å²) in [7, 11) is 0. The lowest BCUT2D eigenvalue weighted by atomic mass is 9.64. The molecule has 25 heavy (non-hydrogen) atoms. The highest BCUT2D eigenvalue weighted by molar-refractivity contribution is 9.12. The third-order valence-electron chi connectivity index (χ3n) is 4.52. The number of Topliss-reactive ketones (excluding diaryl/α,β-unsaturated/α-hetero) is 1. The van der Waals surface area contributed by atoms with E-state index < -0.39 is 11.3 Å². The van der Waals surface area contributed by atoms with E-state index in [1.165, 1.54) is 0 Å². The van der Waals surface area contributed by atoms with Gasteiger partial charge in [-0.2, -0.15) is 0 Å². The minimum absolute atomic E-state index is 0.0741. The standard InChI is InChI=1S/C19H14BrCl2NO2/c20-16-9-19(10-24,14-5-4-13(22)7-17(14)23)15(8-18(16)25)11-2-1-3-12(21)6-11/h1-7,9-10,15H,8,23H2/t15-,19-/m0/s1. The lowest BCUT2D eigenvalue weighted by molar-refractivity contribution is -0.117. The van der Waals surface area contributed by atoms with Crippen LogP contribution in [0.1, 0.15) is 23.5 Å². The van der Waals surface area contributed by atoms with Crippen LogP contribution in [0.25, 0.3) is 0 Å². The second-order valence-electron chi connectivity index (χ2n) is 6.01. The van der Waals surface area contributed by atoms with E-state index in [1.54, 1.807) is 42.5 Å². The van der Waals surface area contributed by atoms with Crippen molar-refractivity contribution in [2.24, 2.45) is 0 Å². The summed E-state index contributed by atoms with van der Waals surface area (Å²) in [5.74, 6) is -0.490. The Kier molecular flexibility index (Phi) is 5.05. The molecule has 0 unspecified atom stereocenters. The number of anilines is 1. The summed E-state index contributed by atoms with van der Waals surface area (Å²) in [6.45, 7) is 0. The van der Waals surface area contributed by atoms with Gasteiger partial charge >= 0.3 is 0 Å². The molecule has 0 aliphatic heterocycles. The number of halogens is 3. The van der Waals surface area contributed by atoms with E-state index >= 15 is 0 Å². The first kappa shape index (κ1) is 18.2. The second-order valence-corrected chi connectivity index (χ2v) is 7.74. The van der Waals surface area contributed by atoms with Gasteiger partial charge in [0.25, 0.3) is 0 Å². The van der Waals surface area contributed by atoms with Crippen molar-refractivity contribution in [1.29, 1.82) is 0 Å². The Morgan fingerprint density at radius 2 is 1.88 bits per heavy atom. The maximum Gasteiger partial charge on any atom is 0.170 e. The Bertz CT molecular complexity index is 897. The number of rotatable bonds is 3. The van der Waals surface area contributed by atoms with Gasteiger partial charge in [-0.1, -0.05) is 41.4 Å². The van der Waals surface area contributed by atoms with Gasteiger partial charge < -0.3 is 10.5 Å². The largest absolute Gasteiger partial charge is 0.398 e. The second kappa shape index (κ2) is 6.94. The highest BCUT2D eigenvalue weighted by Crippen LogP contribution is 2.48. The molecule has 0 radical (unpaired) electrons. The molecule has 2 aromatic rings. The van der Waals surface area contributed by atoms with Crippen LogP contribution in [0.3, 0.4) is 0 Å². The van der Waals surface area contributed by atoms with E-state index in [-0.39, 0.29) is 12.2 Å². The highest BCUT2D eigenvalue weighted by Gasteiger charge is 2.45. The molecule has 0 aromatic heterocycles. The molecule has 0 saturated carbocycles. The summed E-state index contributed by atoms with van der Waals surface area (Å²) in [4.78, 5) is 24.7. The van der Waals surface area contributed by atoms with Crippen LogP contribution >= 0.6 is 39.1 Å². The number of nitrogens with two attached hydrogens (primary N) is 1. The third-order valence-corrected chi connectivity index (χ3v) is 5.67. The minimum atomic E-state index is -1.09. The number of nitrogen functional groups attached to an aromatic ring is 1. The van der Waals surface area contributed by atoms with E-state index in [0.29, 0.717) is 25.8 Å². The Morgan fingerprint density at radius 3 is 2.52 bits per heavy atom. The van der Waals surface area contributed by atoms with Gasteiger partial charge in [-0.25, -0.2) is 0 Å². The fourth-order valence-corrected chi connectivity index (χ4v) is 4.25. The molecule has 3 rings (SSSR count). The van der Waals surface area contributed by atoms with Gasteiger partial charge in [0.15, 0.2) is 5.78 Å². The van der Waals surface area contributed by atoms with Crippen molar-refractivity contribution in [2.75, 3.05) is 5.73 Å². The minimum Gasteiger partial charge on any atom is -0.398 e. The van der Waals surface area contributed by atoms with Crippen LogP contribution < -0.4 is 5.73 Å². The van der Waals surface area contributed by atoms with Crippen LogP contribution in [0.4, 0.5) is 5.69 Å². The molecule has 0 bridgehead atoms. The monoisotopic (exact) mass is 437 g/mol. The molecule has 128 valence electrons. The van der Waals surface area contributed by atoms with Gasteiger partial charge in [-0.05, 0) is 57.4 Å². The van der Waals surface area contributed by atoms with E-state index in [2.05, 4.69) is 15.9 Å². The molecule has 0 spiro atoms. The molecule has 2 N–H and O–H groups in total. The summed E-state index contributed by atoms with van der Waals surface area (Å²) in [5.41, 5.74) is 6.89. The van der Waals surface area contributed by atoms with Crippen LogP contribution in [0, 0.1) is 0 Å². The predicted octanol–water partition coefficient (Wildman–Crippen LogP) is 5.05. The van der Waals surface area contributed by atoms with Crippen molar-refractivity contribution in [3.05, 3.63) is 74.2 Å². The summed E-state index contributed by atoms with van der Waals surface area (Å²) in [6, 6.07) is 12.2. The quantitative estimate of drug-likeness (QED) is 0.538. The summed E-state index contributed by atoms with van der Waals surface area (Å²) in [5, 5.41) is 1.03. The van der Waals surface area contributed by atoms with Crippen molar-refractivity contribution in [2.45, 2.75) is 17.8 Å². The zero-order valence-electron chi connectivity index (χ0n) is 13.0. The van der Waals surface area contributed by atoms with Gasteiger partial charge in [0.05, 0.1) is 9.90 Å². The Labute approximate surface area is 163 Å². The van der Waals surface area contributed by atoms with Crippen LogP contribution in [0.5, 0.6) is 0 Å². The van der Waals surface area contributed by atoms with E-state index in [4.69, 9.17) is 28.9 Å². The average molecular weight is 439 g/mol. The molecule has 2 aromatic carbocycles. The topological polar surface area (TPSA) is 60.2 Å². The first-order valence-electron chi connectivity index (χ1n) is 7.56. The Hall–Kier alpha value is -1.62. The lowest BCUT2D eigenvalue weighted by Crippen LogP contribution is -2.39. The van der Waals surface area contributed by atoms with Crippen LogP contribution in [0.15, 0.2) is 53.0 Å². The third kappa shape index (κ3) is 3.26. The van der Waals surface area contributed by atoms with Crippen molar-refractivity contribution < 1.29 is 9.59 Å². The number of aldehydes is 1. The Balaban J connectivity index is 2.28. The molecule has 2 atom stereocenters. The number of carbonyl (C=O) groups excluding carboxylic acids is 2. The first-order chi connectivity index (χ1) is 11.9. The number of benzene rings is 2. The summed E-state index contributed by atoms with van der Waals surface area (Å²) < 4.78 is 0.368. The van der Waals surface area contributed by atoms with Gasteiger partial charge in [0.1, 0.15) is 6.29 Å². The fourth-order valence-electron chi connectivity index (χ4n) is 3.33. The van der Waals surface area contributed by atoms with Crippen LogP contribution in [-0.2, 0) is 15.0 Å².